The van der Waals surface area contributed by atoms with Crippen LogP contribution >= 0.6 is 11.8 Å². The summed E-state index contributed by atoms with van der Waals surface area (Å²) in [5.41, 5.74) is 0.259. The molecule has 1 aliphatic rings. The number of carboxylic acids is 1. The maximum atomic E-state index is 11.1. The molecule has 1 rings (SSSR count). The summed E-state index contributed by atoms with van der Waals surface area (Å²) in [5, 5.41) is 8.62. The van der Waals surface area contributed by atoms with E-state index in [-0.39, 0.29) is 17.0 Å². The number of carboxylic acid groups (broad SMARTS) is 1. The van der Waals surface area contributed by atoms with Crippen LogP contribution in [-0.4, -0.2) is 35.7 Å². The highest BCUT2D eigenvalue weighted by molar-refractivity contribution is 7.99. The molecule has 1 N–H and O–H groups in total. The van der Waals surface area contributed by atoms with Gasteiger partial charge in [0.1, 0.15) is 0 Å². The molecule has 0 spiro atoms. The summed E-state index contributed by atoms with van der Waals surface area (Å²) >= 11 is 1.52. The first-order chi connectivity index (χ1) is 7.49. The molecule has 0 aromatic rings. The Labute approximate surface area is 99.0 Å². The molecular weight excluding hydrogens is 228 g/mol. The molecule has 0 aromatic heterocycles. The molecular formula is C11H16O4S. The van der Waals surface area contributed by atoms with Gasteiger partial charge in [0.2, 0.25) is 0 Å². The van der Waals surface area contributed by atoms with Crippen molar-refractivity contribution in [3.05, 3.63) is 12.2 Å². The van der Waals surface area contributed by atoms with Gasteiger partial charge in [-0.05, 0) is 24.0 Å². The minimum Gasteiger partial charge on any atom is -0.478 e. The summed E-state index contributed by atoms with van der Waals surface area (Å²) < 4.78 is 4.63. The van der Waals surface area contributed by atoms with Crippen LogP contribution in [0.2, 0.25) is 0 Å². The number of hydrogen-bond acceptors (Lipinski definition) is 4. The molecule has 0 aliphatic heterocycles. The molecule has 1 aliphatic carbocycles. The van der Waals surface area contributed by atoms with Crippen molar-refractivity contribution in [1.29, 1.82) is 0 Å². The second kappa shape index (κ2) is 5.39. The van der Waals surface area contributed by atoms with Gasteiger partial charge in [0.05, 0.1) is 13.5 Å². The van der Waals surface area contributed by atoms with Gasteiger partial charge in [-0.1, -0.05) is 6.58 Å². The van der Waals surface area contributed by atoms with Crippen LogP contribution in [0.25, 0.3) is 0 Å². The third-order valence-corrected chi connectivity index (χ3v) is 4.06. The summed E-state index contributed by atoms with van der Waals surface area (Å²) in [7, 11) is 1.39. The SMILES string of the molecule is C=C(CSCC1(CC(=O)OC)CC1)C(=O)O. The summed E-state index contributed by atoms with van der Waals surface area (Å²) in [6.07, 6.45) is 2.49. The van der Waals surface area contributed by atoms with Crippen molar-refractivity contribution in [3.63, 3.8) is 0 Å². The number of hydrogen-bond donors (Lipinski definition) is 1. The van der Waals surface area contributed by atoms with Crippen molar-refractivity contribution < 1.29 is 19.4 Å². The highest BCUT2D eigenvalue weighted by Crippen LogP contribution is 2.51. The Morgan fingerprint density at radius 2 is 2.12 bits per heavy atom. The molecule has 16 heavy (non-hydrogen) atoms. The molecule has 0 amide bonds. The maximum absolute atomic E-state index is 11.1. The predicted octanol–water partition coefficient (Wildman–Crippen LogP) is 1.70. The number of thioether (sulfide) groups is 1. The highest BCUT2D eigenvalue weighted by atomic mass is 32.2. The number of esters is 1. The average molecular weight is 244 g/mol. The van der Waals surface area contributed by atoms with Gasteiger partial charge in [-0.15, -0.1) is 0 Å². The van der Waals surface area contributed by atoms with Crippen LogP contribution in [-0.2, 0) is 14.3 Å². The fourth-order valence-corrected chi connectivity index (χ4v) is 2.68. The predicted molar refractivity (Wildman–Crippen MR) is 62.4 cm³/mol. The summed E-state index contributed by atoms with van der Waals surface area (Å²) in [5.74, 6) is 0.0765. The zero-order chi connectivity index (χ0) is 12.2. The van der Waals surface area contributed by atoms with Gasteiger partial charge in [0, 0.05) is 11.3 Å². The second-order valence-electron chi connectivity index (χ2n) is 4.15. The Kier molecular flexibility index (Phi) is 4.41. The summed E-state index contributed by atoms with van der Waals surface area (Å²) in [4.78, 5) is 21.6. The molecule has 5 heteroatoms. The van der Waals surface area contributed by atoms with E-state index >= 15 is 0 Å². The number of ether oxygens (including phenoxy) is 1. The van der Waals surface area contributed by atoms with Crippen LogP contribution in [0.4, 0.5) is 0 Å². The second-order valence-corrected chi connectivity index (χ2v) is 5.14. The Balaban J connectivity index is 2.25. The summed E-state index contributed by atoms with van der Waals surface area (Å²) in [6, 6.07) is 0. The molecule has 1 saturated carbocycles. The molecule has 0 aromatic carbocycles. The van der Waals surface area contributed by atoms with Gasteiger partial charge in [-0.25, -0.2) is 4.79 Å². The standard InChI is InChI=1S/C11H16O4S/c1-8(10(13)14)6-16-7-11(3-4-11)5-9(12)15-2/h1,3-7H2,2H3,(H,13,14). The van der Waals surface area contributed by atoms with E-state index in [4.69, 9.17) is 5.11 Å². The number of carbonyl (C=O) groups excluding carboxylic acids is 1. The lowest BCUT2D eigenvalue weighted by molar-refractivity contribution is -0.141. The van der Waals surface area contributed by atoms with E-state index in [0.29, 0.717) is 12.2 Å². The quantitative estimate of drug-likeness (QED) is 0.545. The van der Waals surface area contributed by atoms with Crippen LogP contribution < -0.4 is 0 Å². The molecule has 0 atom stereocenters. The number of carbonyl (C=O) groups is 2. The van der Waals surface area contributed by atoms with E-state index in [1.165, 1.54) is 18.9 Å². The van der Waals surface area contributed by atoms with E-state index in [1.807, 2.05) is 0 Å². The van der Waals surface area contributed by atoms with Gasteiger partial charge in [0.15, 0.2) is 0 Å². The molecule has 1 fully saturated rings. The van der Waals surface area contributed by atoms with Crippen molar-refractivity contribution in [1.82, 2.24) is 0 Å². The van der Waals surface area contributed by atoms with Gasteiger partial charge in [0.25, 0.3) is 0 Å². The molecule has 0 bridgehead atoms. The van der Waals surface area contributed by atoms with E-state index in [1.54, 1.807) is 0 Å². The fraction of sp³-hybridized carbons (Fsp3) is 0.636. The van der Waals surface area contributed by atoms with Crippen molar-refractivity contribution in [2.24, 2.45) is 5.41 Å². The van der Waals surface area contributed by atoms with E-state index < -0.39 is 5.97 Å². The number of methoxy groups -OCH3 is 1. The minimum atomic E-state index is -0.953. The van der Waals surface area contributed by atoms with Crippen molar-refractivity contribution >= 4 is 23.7 Å². The van der Waals surface area contributed by atoms with Gasteiger partial charge in [-0.3, -0.25) is 4.79 Å². The number of rotatable bonds is 7. The third-order valence-electron chi connectivity index (χ3n) is 2.69. The lowest BCUT2D eigenvalue weighted by atomic mass is 10.1. The highest BCUT2D eigenvalue weighted by Gasteiger charge is 2.44. The third kappa shape index (κ3) is 3.89. The van der Waals surface area contributed by atoms with E-state index in [0.717, 1.165) is 18.6 Å². The van der Waals surface area contributed by atoms with Gasteiger partial charge >= 0.3 is 11.9 Å². The Morgan fingerprint density at radius 1 is 1.50 bits per heavy atom. The zero-order valence-corrected chi connectivity index (χ0v) is 10.1. The zero-order valence-electron chi connectivity index (χ0n) is 9.32. The Hall–Kier alpha value is -0.970. The normalized spacial score (nSPS) is 16.6. The van der Waals surface area contributed by atoms with Crippen molar-refractivity contribution in [3.8, 4) is 0 Å². The molecule has 0 radical (unpaired) electrons. The first kappa shape index (κ1) is 13.1. The van der Waals surface area contributed by atoms with E-state index in [2.05, 4.69) is 11.3 Å². The molecule has 0 heterocycles. The van der Waals surface area contributed by atoms with Crippen LogP contribution in [0.1, 0.15) is 19.3 Å². The maximum Gasteiger partial charge on any atom is 0.331 e. The average Bonchev–Trinajstić information content (AvgIpc) is 2.97. The van der Waals surface area contributed by atoms with Gasteiger partial charge < -0.3 is 9.84 Å². The van der Waals surface area contributed by atoms with Gasteiger partial charge in [-0.2, -0.15) is 11.8 Å². The topological polar surface area (TPSA) is 63.6 Å². The first-order valence-corrected chi connectivity index (χ1v) is 6.20. The van der Waals surface area contributed by atoms with Crippen LogP contribution in [0, 0.1) is 5.41 Å². The Bertz CT molecular complexity index is 307. The first-order valence-electron chi connectivity index (χ1n) is 5.05. The molecule has 0 saturated heterocycles. The van der Waals surface area contributed by atoms with Crippen LogP contribution in [0.3, 0.4) is 0 Å². The largest absolute Gasteiger partial charge is 0.478 e. The van der Waals surface area contributed by atoms with E-state index in [9.17, 15) is 9.59 Å². The lowest BCUT2D eigenvalue weighted by Crippen LogP contribution is -2.14. The smallest absolute Gasteiger partial charge is 0.331 e. The summed E-state index contributed by atoms with van der Waals surface area (Å²) in [6.45, 7) is 3.46. The Morgan fingerprint density at radius 3 is 2.56 bits per heavy atom. The lowest BCUT2D eigenvalue weighted by Gasteiger charge is -2.12. The molecule has 90 valence electrons. The minimum absolute atomic E-state index is 0.0521. The van der Waals surface area contributed by atoms with Crippen molar-refractivity contribution in [2.75, 3.05) is 18.6 Å². The molecule has 4 nitrogen and oxygen atoms in total. The fourth-order valence-electron chi connectivity index (χ4n) is 1.38. The van der Waals surface area contributed by atoms with Crippen LogP contribution in [0.15, 0.2) is 12.2 Å². The van der Waals surface area contributed by atoms with Crippen LogP contribution in [0.5, 0.6) is 0 Å². The molecule has 0 unspecified atom stereocenters. The number of aliphatic carboxylic acids is 1. The monoisotopic (exact) mass is 244 g/mol. The van der Waals surface area contributed by atoms with Crippen molar-refractivity contribution in [2.45, 2.75) is 19.3 Å².